The number of aryl methyl sites for hydroxylation is 1. The monoisotopic (exact) mass is 273 g/mol. The van der Waals surface area contributed by atoms with Gasteiger partial charge >= 0.3 is 6.18 Å². The van der Waals surface area contributed by atoms with Crippen molar-refractivity contribution in [2.75, 3.05) is 13.7 Å². The number of aromatic amines is 1. The van der Waals surface area contributed by atoms with E-state index < -0.39 is 17.8 Å². The summed E-state index contributed by atoms with van der Waals surface area (Å²) in [6.07, 6.45) is -4.44. The van der Waals surface area contributed by atoms with E-state index in [-0.39, 0.29) is 17.9 Å². The highest BCUT2D eigenvalue weighted by atomic mass is 19.4. The first-order valence-corrected chi connectivity index (χ1v) is 5.65. The molecule has 1 aromatic heterocycles. The minimum atomic E-state index is -4.44. The van der Waals surface area contributed by atoms with Crippen LogP contribution in [-0.4, -0.2) is 23.7 Å². The summed E-state index contributed by atoms with van der Waals surface area (Å²) in [5.41, 5.74) is 5.74. The summed E-state index contributed by atoms with van der Waals surface area (Å²) in [5, 5.41) is 0. The van der Waals surface area contributed by atoms with Crippen LogP contribution >= 0.6 is 0 Å². The minimum absolute atomic E-state index is 0.111. The highest BCUT2D eigenvalue weighted by Crippen LogP contribution is 2.35. The molecule has 4 nitrogen and oxygen atoms in total. The number of hydrogen-bond donors (Lipinski definition) is 2. The zero-order chi connectivity index (χ0) is 14.2. The van der Waals surface area contributed by atoms with Gasteiger partial charge in [-0.3, -0.25) is 0 Å². The van der Waals surface area contributed by atoms with Gasteiger partial charge in [-0.05, 0) is 24.6 Å². The van der Waals surface area contributed by atoms with Gasteiger partial charge in [0.15, 0.2) is 0 Å². The van der Waals surface area contributed by atoms with Crippen LogP contribution in [0, 0.1) is 6.92 Å². The highest BCUT2D eigenvalue weighted by Gasteiger charge is 2.34. The van der Waals surface area contributed by atoms with Crippen LogP contribution < -0.4 is 5.73 Å². The highest BCUT2D eigenvalue weighted by molar-refractivity contribution is 5.80. The number of nitrogens with zero attached hydrogens (tertiary/aromatic N) is 1. The van der Waals surface area contributed by atoms with Gasteiger partial charge in [-0.1, -0.05) is 0 Å². The number of fused-ring (bicyclic) bond motifs is 1. The van der Waals surface area contributed by atoms with Crippen molar-refractivity contribution in [1.29, 1.82) is 0 Å². The number of imidazole rings is 1. The third-order valence-electron chi connectivity index (χ3n) is 2.75. The van der Waals surface area contributed by atoms with Crippen LogP contribution in [0.3, 0.4) is 0 Å². The Morgan fingerprint density at radius 2 is 2.11 bits per heavy atom. The Kier molecular flexibility index (Phi) is 3.51. The van der Waals surface area contributed by atoms with Gasteiger partial charge in [0.05, 0.1) is 23.7 Å². The van der Waals surface area contributed by atoms with Crippen LogP contribution in [0.2, 0.25) is 0 Å². The largest absolute Gasteiger partial charge is 0.418 e. The molecule has 0 spiro atoms. The van der Waals surface area contributed by atoms with E-state index in [0.29, 0.717) is 11.1 Å². The maximum atomic E-state index is 12.9. The molecule has 1 atom stereocenters. The molecule has 0 unspecified atom stereocenters. The quantitative estimate of drug-likeness (QED) is 0.903. The number of ether oxygens (including phenoxy) is 1. The SMILES string of the molecule is COC[C@@H](N)c1nc2c(C(F)(F)F)cc(C)cc2[nH]1. The van der Waals surface area contributed by atoms with Crippen molar-refractivity contribution < 1.29 is 17.9 Å². The number of H-pyrrole nitrogens is 1. The molecule has 1 heterocycles. The molecule has 0 bridgehead atoms. The normalized spacial score (nSPS) is 14.0. The molecule has 19 heavy (non-hydrogen) atoms. The molecule has 0 radical (unpaired) electrons. The van der Waals surface area contributed by atoms with E-state index in [1.807, 2.05) is 0 Å². The second-order valence-corrected chi connectivity index (χ2v) is 4.39. The van der Waals surface area contributed by atoms with E-state index in [1.54, 1.807) is 13.0 Å². The molecule has 2 rings (SSSR count). The predicted molar refractivity (Wildman–Crippen MR) is 64.6 cm³/mol. The lowest BCUT2D eigenvalue weighted by atomic mass is 10.1. The Bertz CT molecular complexity index is 592. The number of aromatic nitrogens is 2. The van der Waals surface area contributed by atoms with E-state index in [0.717, 1.165) is 6.07 Å². The smallest absolute Gasteiger partial charge is 0.383 e. The molecule has 0 saturated heterocycles. The molecule has 0 aliphatic rings. The van der Waals surface area contributed by atoms with Gasteiger partial charge in [0.25, 0.3) is 0 Å². The third kappa shape index (κ3) is 2.71. The fourth-order valence-corrected chi connectivity index (χ4v) is 1.93. The molecule has 2 aromatic rings. The minimum Gasteiger partial charge on any atom is -0.383 e. The summed E-state index contributed by atoms with van der Waals surface area (Å²) in [4.78, 5) is 6.78. The van der Waals surface area contributed by atoms with Crippen LogP contribution in [0.5, 0.6) is 0 Å². The first-order chi connectivity index (χ1) is 8.82. The van der Waals surface area contributed by atoms with E-state index in [4.69, 9.17) is 10.5 Å². The fraction of sp³-hybridized carbons (Fsp3) is 0.417. The first-order valence-electron chi connectivity index (χ1n) is 5.65. The summed E-state index contributed by atoms with van der Waals surface area (Å²) in [7, 11) is 1.47. The lowest BCUT2D eigenvalue weighted by Crippen LogP contribution is -2.17. The van der Waals surface area contributed by atoms with Crippen LogP contribution in [0.25, 0.3) is 11.0 Å². The second-order valence-electron chi connectivity index (χ2n) is 4.39. The van der Waals surface area contributed by atoms with Gasteiger partial charge in [0, 0.05) is 7.11 Å². The summed E-state index contributed by atoms with van der Waals surface area (Å²) in [5.74, 6) is 0.285. The fourth-order valence-electron chi connectivity index (χ4n) is 1.93. The molecule has 3 N–H and O–H groups in total. The zero-order valence-electron chi connectivity index (χ0n) is 10.5. The van der Waals surface area contributed by atoms with Crippen LogP contribution in [0.1, 0.15) is 23.0 Å². The van der Waals surface area contributed by atoms with E-state index in [9.17, 15) is 13.2 Å². The van der Waals surface area contributed by atoms with Crippen molar-refractivity contribution in [2.45, 2.75) is 19.1 Å². The topological polar surface area (TPSA) is 63.9 Å². The number of hydrogen-bond acceptors (Lipinski definition) is 3. The molecule has 104 valence electrons. The molecule has 1 aromatic carbocycles. The number of rotatable bonds is 3. The molecule has 0 saturated carbocycles. The molecule has 0 amide bonds. The van der Waals surface area contributed by atoms with Crippen molar-refractivity contribution in [3.63, 3.8) is 0 Å². The van der Waals surface area contributed by atoms with Gasteiger partial charge in [0.1, 0.15) is 11.3 Å². The third-order valence-corrected chi connectivity index (χ3v) is 2.75. The Morgan fingerprint density at radius 3 is 2.68 bits per heavy atom. The molecule has 0 fully saturated rings. The number of alkyl halides is 3. The van der Waals surface area contributed by atoms with Crippen LogP contribution in [0.4, 0.5) is 13.2 Å². The van der Waals surface area contributed by atoms with Gasteiger partial charge in [-0.25, -0.2) is 4.98 Å². The first kappa shape index (κ1) is 13.8. The Hall–Kier alpha value is -1.60. The number of benzene rings is 1. The van der Waals surface area contributed by atoms with E-state index in [2.05, 4.69) is 9.97 Å². The van der Waals surface area contributed by atoms with Crippen molar-refractivity contribution in [1.82, 2.24) is 9.97 Å². The van der Waals surface area contributed by atoms with Crippen molar-refractivity contribution >= 4 is 11.0 Å². The maximum Gasteiger partial charge on any atom is 0.418 e. The average molecular weight is 273 g/mol. The van der Waals surface area contributed by atoms with Crippen molar-refractivity contribution in [3.8, 4) is 0 Å². The van der Waals surface area contributed by atoms with Gasteiger partial charge < -0.3 is 15.5 Å². The molecule has 0 aliphatic heterocycles. The van der Waals surface area contributed by atoms with Crippen molar-refractivity contribution in [3.05, 3.63) is 29.1 Å². The summed E-state index contributed by atoms with van der Waals surface area (Å²) in [6, 6.07) is 2.11. The molecular weight excluding hydrogens is 259 g/mol. The molecular formula is C12H14F3N3O. The lowest BCUT2D eigenvalue weighted by molar-refractivity contribution is -0.136. The van der Waals surface area contributed by atoms with Crippen LogP contribution in [-0.2, 0) is 10.9 Å². The second kappa shape index (κ2) is 4.82. The molecule has 0 aliphatic carbocycles. The van der Waals surface area contributed by atoms with E-state index in [1.165, 1.54) is 7.11 Å². The standard InChI is InChI=1S/C12H14F3N3O/c1-6-3-7(12(13,14)15)10-9(4-6)17-11(18-10)8(16)5-19-2/h3-4,8H,5,16H2,1-2H3,(H,17,18)/t8-/m1/s1. The Morgan fingerprint density at radius 1 is 1.42 bits per heavy atom. The Balaban J connectivity index is 2.58. The molecule has 7 heteroatoms. The zero-order valence-corrected chi connectivity index (χ0v) is 10.5. The van der Waals surface area contributed by atoms with E-state index >= 15 is 0 Å². The number of nitrogens with one attached hydrogen (secondary N) is 1. The van der Waals surface area contributed by atoms with Gasteiger partial charge in [-0.15, -0.1) is 0 Å². The summed E-state index contributed by atoms with van der Waals surface area (Å²) < 4.78 is 43.7. The number of nitrogens with two attached hydrogens (primary N) is 1. The van der Waals surface area contributed by atoms with Gasteiger partial charge in [0.2, 0.25) is 0 Å². The van der Waals surface area contributed by atoms with Crippen molar-refractivity contribution in [2.24, 2.45) is 5.73 Å². The Labute approximate surface area is 107 Å². The summed E-state index contributed by atoms with van der Waals surface area (Å²) >= 11 is 0. The number of methoxy groups -OCH3 is 1. The predicted octanol–water partition coefficient (Wildman–Crippen LogP) is 2.54. The lowest BCUT2D eigenvalue weighted by Gasteiger charge is -2.08. The van der Waals surface area contributed by atoms with Gasteiger partial charge in [-0.2, -0.15) is 13.2 Å². The average Bonchev–Trinajstić information content (AvgIpc) is 2.70. The summed E-state index contributed by atoms with van der Waals surface area (Å²) in [6.45, 7) is 1.78. The maximum absolute atomic E-state index is 12.9. The number of halogens is 3. The van der Waals surface area contributed by atoms with Crippen LogP contribution in [0.15, 0.2) is 12.1 Å².